The van der Waals surface area contributed by atoms with Crippen LogP contribution in [-0.4, -0.2) is 14.8 Å². The molecule has 0 saturated heterocycles. The molecule has 0 fully saturated rings. The van der Waals surface area contributed by atoms with Gasteiger partial charge in [-0.25, -0.2) is 8.42 Å². The molecule has 3 nitrogen and oxygen atoms in total. The molecular formula is C14H7ClF6O3S. The van der Waals surface area contributed by atoms with E-state index in [4.69, 9.17) is 10.7 Å². The van der Waals surface area contributed by atoms with Crippen molar-refractivity contribution in [2.75, 3.05) is 0 Å². The van der Waals surface area contributed by atoms with Crippen LogP contribution in [0.2, 0.25) is 0 Å². The lowest BCUT2D eigenvalue weighted by molar-refractivity contribution is -0.274. The Hall–Kier alpha value is -1.94. The minimum atomic E-state index is -4.95. The van der Waals surface area contributed by atoms with Crippen molar-refractivity contribution < 1.29 is 39.5 Å². The average Bonchev–Trinajstić information content (AvgIpc) is 2.44. The van der Waals surface area contributed by atoms with Gasteiger partial charge in [-0.15, -0.1) is 13.2 Å². The van der Waals surface area contributed by atoms with E-state index in [1.165, 1.54) is 0 Å². The number of rotatable bonds is 3. The van der Waals surface area contributed by atoms with Crippen LogP contribution >= 0.6 is 10.7 Å². The molecule has 0 N–H and O–H groups in total. The third-order valence-electron chi connectivity index (χ3n) is 2.98. The molecular weight excluding hydrogens is 398 g/mol. The minimum absolute atomic E-state index is 0.163. The monoisotopic (exact) mass is 404 g/mol. The molecule has 11 heteroatoms. The zero-order valence-electron chi connectivity index (χ0n) is 11.8. The molecule has 2 aromatic rings. The van der Waals surface area contributed by atoms with Gasteiger partial charge in [-0.2, -0.15) is 13.2 Å². The Morgan fingerprint density at radius 1 is 0.880 bits per heavy atom. The van der Waals surface area contributed by atoms with Crippen LogP contribution in [0.1, 0.15) is 5.56 Å². The highest BCUT2D eigenvalue weighted by Gasteiger charge is 2.35. The van der Waals surface area contributed by atoms with Crippen LogP contribution < -0.4 is 4.74 Å². The van der Waals surface area contributed by atoms with Crippen LogP contribution in [0.25, 0.3) is 11.1 Å². The van der Waals surface area contributed by atoms with E-state index in [-0.39, 0.29) is 5.56 Å². The Morgan fingerprint density at radius 3 is 1.88 bits per heavy atom. The molecule has 0 aliphatic heterocycles. The summed E-state index contributed by atoms with van der Waals surface area (Å²) in [6, 6.07) is 5.42. The number of hydrogen-bond acceptors (Lipinski definition) is 3. The lowest BCUT2D eigenvalue weighted by Crippen LogP contribution is -2.17. The maximum Gasteiger partial charge on any atom is 0.573 e. The number of alkyl halides is 6. The molecule has 0 atom stereocenters. The van der Waals surface area contributed by atoms with Crippen LogP contribution in [0.4, 0.5) is 26.3 Å². The topological polar surface area (TPSA) is 43.4 Å². The molecule has 2 aromatic carbocycles. The Morgan fingerprint density at radius 2 is 1.44 bits per heavy atom. The van der Waals surface area contributed by atoms with Gasteiger partial charge in [0.15, 0.2) is 0 Å². The molecule has 0 radical (unpaired) electrons. The first-order valence-corrected chi connectivity index (χ1v) is 8.60. The fourth-order valence-electron chi connectivity index (χ4n) is 2.00. The third-order valence-corrected chi connectivity index (χ3v) is 4.33. The quantitative estimate of drug-likeness (QED) is 0.522. The summed E-state index contributed by atoms with van der Waals surface area (Å²) in [4.78, 5) is -0.576. The lowest BCUT2D eigenvalue weighted by atomic mass is 9.99. The van der Waals surface area contributed by atoms with E-state index < -0.39 is 43.4 Å². The van der Waals surface area contributed by atoms with E-state index in [1.807, 2.05) is 0 Å². The smallest absolute Gasteiger partial charge is 0.406 e. The highest BCUT2D eigenvalue weighted by molar-refractivity contribution is 8.13. The second kappa shape index (κ2) is 6.41. The maximum atomic E-state index is 13.1. The summed E-state index contributed by atoms with van der Waals surface area (Å²) in [5.74, 6) is -0.633. The first-order valence-electron chi connectivity index (χ1n) is 6.29. The van der Waals surface area contributed by atoms with E-state index in [0.717, 1.165) is 24.3 Å². The van der Waals surface area contributed by atoms with Crippen LogP contribution in [0.15, 0.2) is 47.4 Å². The van der Waals surface area contributed by atoms with Crippen molar-refractivity contribution in [3.8, 4) is 16.9 Å². The molecule has 0 spiro atoms. The molecule has 0 amide bonds. The molecule has 0 aliphatic carbocycles. The van der Waals surface area contributed by atoms with Gasteiger partial charge < -0.3 is 4.74 Å². The van der Waals surface area contributed by atoms with Crippen molar-refractivity contribution in [2.24, 2.45) is 0 Å². The molecule has 25 heavy (non-hydrogen) atoms. The van der Waals surface area contributed by atoms with E-state index in [1.54, 1.807) is 0 Å². The van der Waals surface area contributed by atoms with Crippen molar-refractivity contribution in [1.29, 1.82) is 0 Å². The van der Waals surface area contributed by atoms with E-state index in [2.05, 4.69) is 4.74 Å². The largest absolute Gasteiger partial charge is 0.573 e. The highest BCUT2D eigenvalue weighted by atomic mass is 35.7. The predicted octanol–water partition coefficient (Wildman–Crippen LogP) is 5.20. The summed E-state index contributed by atoms with van der Waals surface area (Å²) in [5.41, 5.74) is -1.88. The van der Waals surface area contributed by atoms with E-state index in [9.17, 15) is 34.8 Å². The van der Waals surface area contributed by atoms with Crippen molar-refractivity contribution in [3.05, 3.63) is 48.0 Å². The summed E-state index contributed by atoms with van der Waals surface area (Å²) < 4.78 is 102. The number of hydrogen-bond donors (Lipinski definition) is 0. The zero-order valence-corrected chi connectivity index (χ0v) is 13.4. The zero-order chi connectivity index (χ0) is 19.0. The lowest BCUT2D eigenvalue weighted by Gasteiger charge is -2.15. The second-order valence-corrected chi connectivity index (χ2v) is 7.28. The van der Waals surface area contributed by atoms with Crippen molar-refractivity contribution in [2.45, 2.75) is 17.4 Å². The van der Waals surface area contributed by atoms with Crippen LogP contribution in [-0.2, 0) is 15.2 Å². The van der Waals surface area contributed by atoms with Crippen molar-refractivity contribution in [3.63, 3.8) is 0 Å². The number of halogens is 7. The van der Waals surface area contributed by atoms with E-state index in [0.29, 0.717) is 18.2 Å². The number of benzene rings is 2. The number of ether oxygens (including phenoxy) is 1. The van der Waals surface area contributed by atoms with Crippen LogP contribution in [0.5, 0.6) is 5.75 Å². The van der Waals surface area contributed by atoms with Crippen LogP contribution in [0, 0.1) is 0 Å². The Kier molecular flexibility index (Phi) is 4.97. The first-order chi connectivity index (χ1) is 11.3. The molecule has 2 rings (SSSR count). The molecule has 136 valence electrons. The van der Waals surface area contributed by atoms with Crippen molar-refractivity contribution in [1.82, 2.24) is 0 Å². The van der Waals surface area contributed by atoms with Gasteiger partial charge in [0.05, 0.1) is 10.5 Å². The van der Waals surface area contributed by atoms with Gasteiger partial charge in [0.25, 0.3) is 9.05 Å². The van der Waals surface area contributed by atoms with Gasteiger partial charge >= 0.3 is 12.5 Å². The molecule has 0 heterocycles. The summed E-state index contributed by atoms with van der Waals surface area (Å²) in [7, 11) is 0.832. The van der Waals surface area contributed by atoms with Gasteiger partial charge in [-0.05, 0) is 41.5 Å². The summed E-state index contributed by atoms with van der Waals surface area (Å²) in [6.07, 6.45) is -9.77. The minimum Gasteiger partial charge on any atom is -0.406 e. The summed E-state index contributed by atoms with van der Waals surface area (Å²) in [6.45, 7) is 0. The van der Waals surface area contributed by atoms with Gasteiger partial charge in [0.1, 0.15) is 5.75 Å². The third kappa shape index (κ3) is 5.02. The molecule has 0 aromatic heterocycles. The average molecular weight is 405 g/mol. The molecule has 0 saturated carbocycles. The Balaban J connectivity index is 2.56. The predicted molar refractivity (Wildman–Crippen MR) is 76.6 cm³/mol. The van der Waals surface area contributed by atoms with Crippen LogP contribution in [0.3, 0.4) is 0 Å². The standard InChI is InChI=1S/C14H7ClF6O3S/c15-25(22,23)10-5-6-12(13(16,17)18)11(7-10)8-1-3-9(4-2-8)24-14(19,20)21/h1-7H. The second-order valence-electron chi connectivity index (χ2n) is 4.72. The molecule has 0 aliphatic rings. The molecule has 0 bridgehead atoms. The Bertz CT molecular complexity index is 873. The van der Waals surface area contributed by atoms with E-state index >= 15 is 0 Å². The van der Waals surface area contributed by atoms with Gasteiger partial charge in [0.2, 0.25) is 0 Å². The fraction of sp³-hybridized carbons (Fsp3) is 0.143. The summed E-state index contributed by atoms with van der Waals surface area (Å²) in [5, 5.41) is 0. The summed E-state index contributed by atoms with van der Waals surface area (Å²) >= 11 is 0. The SMILES string of the molecule is O=S(=O)(Cl)c1ccc(C(F)(F)F)c(-c2ccc(OC(F)(F)F)cc2)c1. The maximum absolute atomic E-state index is 13.1. The van der Waals surface area contributed by atoms with Gasteiger partial charge in [-0.1, -0.05) is 12.1 Å². The fourth-order valence-corrected chi connectivity index (χ4v) is 2.77. The normalized spacial score (nSPS) is 12.9. The highest BCUT2D eigenvalue weighted by Crippen LogP contribution is 2.39. The molecule has 0 unspecified atom stereocenters. The Labute approximate surface area is 142 Å². The van der Waals surface area contributed by atoms with Gasteiger partial charge in [-0.3, -0.25) is 0 Å². The first kappa shape index (κ1) is 19.4. The van der Waals surface area contributed by atoms with Gasteiger partial charge in [0, 0.05) is 10.7 Å². The van der Waals surface area contributed by atoms with Crippen molar-refractivity contribution >= 4 is 19.7 Å².